The second kappa shape index (κ2) is 13.3. The van der Waals surface area contributed by atoms with Gasteiger partial charge in [0.25, 0.3) is 0 Å². The Morgan fingerprint density at radius 2 is 0.698 bits per heavy atom. The maximum Gasteiger partial charge on any atom is 0.332 e. The van der Waals surface area contributed by atoms with Crippen LogP contribution in [0.2, 0.25) is 0 Å². The van der Waals surface area contributed by atoms with E-state index in [2.05, 4.69) is 96.9 Å². The third-order valence-electron chi connectivity index (χ3n) is 11.0. The zero-order valence-electron chi connectivity index (χ0n) is 30.1. The van der Waals surface area contributed by atoms with E-state index >= 15 is 0 Å². The van der Waals surface area contributed by atoms with Crippen LogP contribution in [0.15, 0.2) is 0 Å². The molecule has 1 spiro atoms. The van der Waals surface area contributed by atoms with Crippen LogP contribution in [0.5, 0.6) is 0 Å². The molecule has 0 bridgehead atoms. The molecule has 2 aliphatic heterocycles. The largest absolute Gasteiger partial charge is 0.332 e. The monoisotopic (exact) mass is 644 g/mol. The van der Waals surface area contributed by atoms with Crippen molar-refractivity contribution in [3.8, 4) is 0 Å². The number of hydrogen-bond donors (Lipinski definition) is 0. The van der Waals surface area contributed by atoms with Crippen LogP contribution in [0.3, 0.4) is 0 Å². The Hall–Kier alpha value is 0.620. The van der Waals surface area contributed by atoms with E-state index in [4.69, 9.17) is 27.1 Å². The van der Waals surface area contributed by atoms with Gasteiger partial charge in [-0.3, -0.25) is 0 Å². The highest BCUT2D eigenvalue weighted by molar-refractivity contribution is 7.42. The lowest BCUT2D eigenvalue weighted by Gasteiger charge is -2.52. The summed E-state index contributed by atoms with van der Waals surface area (Å²) in [6.07, 6.45) is 4.99. The van der Waals surface area contributed by atoms with E-state index in [0.29, 0.717) is 61.9 Å². The summed E-state index contributed by atoms with van der Waals surface area (Å²) in [5.74, 6) is 3.24. The van der Waals surface area contributed by atoms with Crippen LogP contribution in [-0.2, 0) is 27.1 Å². The average molecular weight is 645 g/mol. The Bertz CT molecular complexity index is 774. The molecule has 8 heteroatoms. The van der Waals surface area contributed by atoms with Crippen molar-refractivity contribution in [1.29, 1.82) is 0 Å². The van der Waals surface area contributed by atoms with Gasteiger partial charge in [0, 0.05) is 0 Å². The van der Waals surface area contributed by atoms with E-state index in [-0.39, 0.29) is 39.3 Å². The minimum absolute atomic E-state index is 0.126. The average Bonchev–Trinajstić information content (AvgIpc) is 2.86. The number of rotatable bonds is 4. The van der Waals surface area contributed by atoms with Crippen LogP contribution in [0.25, 0.3) is 0 Å². The van der Waals surface area contributed by atoms with Crippen molar-refractivity contribution < 1.29 is 27.1 Å². The lowest BCUT2D eigenvalue weighted by molar-refractivity contribution is -0.117. The highest BCUT2D eigenvalue weighted by Crippen LogP contribution is 2.60. The maximum atomic E-state index is 6.83. The first-order valence-electron chi connectivity index (χ1n) is 17.0. The van der Waals surface area contributed by atoms with Crippen LogP contribution in [0.1, 0.15) is 123 Å². The Balaban J connectivity index is 1.37. The van der Waals surface area contributed by atoms with Crippen molar-refractivity contribution in [2.45, 2.75) is 135 Å². The van der Waals surface area contributed by atoms with Gasteiger partial charge in [-0.15, -0.1) is 0 Å². The molecule has 4 unspecified atom stereocenters. The fraction of sp³-hybridized carbons (Fsp3) is 1.00. The molecule has 4 fully saturated rings. The van der Waals surface area contributed by atoms with Gasteiger partial charge in [-0.1, -0.05) is 96.9 Å². The summed E-state index contributed by atoms with van der Waals surface area (Å²) in [4.78, 5) is 0. The molecule has 2 saturated carbocycles. The van der Waals surface area contributed by atoms with Gasteiger partial charge in [0.1, 0.15) is 0 Å². The lowest BCUT2D eigenvalue weighted by atomic mass is 9.59. The predicted molar refractivity (Wildman–Crippen MR) is 178 cm³/mol. The van der Waals surface area contributed by atoms with E-state index in [9.17, 15) is 0 Å². The van der Waals surface area contributed by atoms with E-state index in [0.717, 1.165) is 0 Å². The summed E-state index contributed by atoms with van der Waals surface area (Å²) in [6.45, 7) is 35.2. The standard InChI is InChI=1S/C35H66O6P2/c1-23-15-25(31(3,4)5)29(26(16-23)32(6,7)8)40-42-36-19-35(20-37-42)21-38-43(39-22-35)41-30-27(33(9,10)11)17-24(2)18-28(30)34(12,13)14/h23-30H,15-22H2,1-14H3. The van der Waals surface area contributed by atoms with Gasteiger partial charge in [-0.2, -0.15) is 0 Å². The van der Waals surface area contributed by atoms with Gasteiger partial charge in [-0.25, -0.2) is 0 Å². The summed E-state index contributed by atoms with van der Waals surface area (Å²) >= 11 is 0. The molecule has 252 valence electrons. The van der Waals surface area contributed by atoms with Crippen LogP contribution in [-0.4, -0.2) is 38.6 Å². The van der Waals surface area contributed by atoms with Gasteiger partial charge in [0.15, 0.2) is 0 Å². The molecule has 2 heterocycles. The first kappa shape index (κ1) is 36.5. The molecule has 0 aromatic heterocycles. The highest BCUT2D eigenvalue weighted by atomic mass is 31.2. The molecule has 4 aliphatic rings. The normalized spacial score (nSPS) is 42.3. The summed E-state index contributed by atoms with van der Waals surface area (Å²) in [5, 5.41) is 0. The molecular formula is C35H66O6P2. The van der Waals surface area contributed by atoms with Gasteiger partial charge in [-0.05, 0) is 82.9 Å². The topological polar surface area (TPSA) is 55.4 Å². The minimum Gasteiger partial charge on any atom is -0.311 e. The summed E-state index contributed by atoms with van der Waals surface area (Å²) in [5.41, 5.74) is 0.321. The summed E-state index contributed by atoms with van der Waals surface area (Å²) in [7, 11) is -2.82. The van der Waals surface area contributed by atoms with Crippen molar-refractivity contribution in [1.82, 2.24) is 0 Å². The molecule has 0 N–H and O–H groups in total. The fourth-order valence-corrected chi connectivity index (χ4v) is 11.0. The Labute approximate surface area is 267 Å². The summed E-state index contributed by atoms with van der Waals surface area (Å²) in [6, 6.07) is 0. The molecule has 0 aromatic rings. The Kier molecular flexibility index (Phi) is 11.2. The molecule has 0 aromatic carbocycles. The predicted octanol–water partition coefficient (Wildman–Crippen LogP) is 10.8. The van der Waals surface area contributed by atoms with Gasteiger partial charge in [0.05, 0.1) is 44.1 Å². The highest BCUT2D eigenvalue weighted by Gasteiger charge is 2.52. The zero-order chi connectivity index (χ0) is 32.2. The van der Waals surface area contributed by atoms with Crippen molar-refractivity contribution in [2.24, 2.45) is 62.6 Å². The second-order valence-corrected chi connectivity index (χ2v) is 21.6. The first-order valence-corrected chi connectivity index (χ1v) is 19.2. The molecule has 2 aliphatic carbocycles. The van der Waals surface area contributed by atoms with Crippen LogP contribution < -0.4 is 0 Å². The molecule has 6 nitrogen and oxygen atoms in total. The minimum atomic E-state index is -1.41. The third kappa shape index (κ3) is 8.95. The van der Waals surface area contributed by atoms with Crippen LogP contribution in [0.4, 0.5) is 0 Å². The molecule has 4 atom stereocenters. The Morgan fingerprint density at radius 1 is 0.465 bits per heavy atom. The molecule has 4 rings (SSSR count). The molecule has 43 heavy (non-hydrogen) atoms. The SMILES string of the molecule is CC1CC(C(C)(C)C)C(OP2OCC3(CO2)COP(OC2C(C(C)(C)C)CC(C)CC2C(C)(C)C)OC3)C(C(C)(C)C)C1. The van der Waals surface area contributed by atoms with Crippen LogP contribution in [0, 0.1) is 62.6 Å². The van der Waals surface area contributed by atoms with Crippen LogP contribution >= 0.6 is 17.2 Å². The maximum absolute atomic E-state index is 6.83. The lowest BCUT2D eigenvalue weighted by Crippen LogP contribution is -2.50. The van der Waals surface area contributed by atoms with E-state index in [1.165, 1.54) is 25.7 Å². The zero-order valence-corrected chi connectivity index (χ0v) is 31.9. The van der Waals surface area contributed by atoms with E-state index < -0.39 is 17.2 Å². The molecule has 2 saturated heterocycles. The first-order chi connectivity index (χ1) is 19.6. The molecule has 0 amide bonds. The van der Waals surface area contributed by atoms with Gasteiger partial charge >= 0.3 is 17.2 Å². The number of hydrogen-bond acceptors (Lipinski definition) is 6. The summed E-state index contributed by atoms with van der Waals surface area (Å²) < 4.78 is 39.1. The smallest absolute Gasteiger partial charge is 0.311 e. The fourth-order valence-electron chi connectivity index (χ4n) is 8.11. The quantitative estimate of drug-likeness (QED) is 0.284. The molecule has 0 radical (unpaired) electrons. The van der Waals surface area contributed by atoms with Crippen molar-refractivity contribution in [3.05, 3.63) is 0 Å². The van der Waals surface area contributed by atoms with Crippen molar-refractivity contribution in [2.75, 3.05) is 26.4 Å². The second-order valence-electron chi connectivity index (χ2n) is 19.2. The van der Waals surface area contributed by atoms with Crippen molar-refractivity contribution in [3.63, 3.8) is 0 Å². The third-order valence-corrected chi connectivity index (χ3v) is 13.2. The Morgan fingerprint density at radius 3 is 0.907 bits per heavy atom. The van der Waals surface area contributed by atoms with Gasteiger partial charge in [0.2, 0.25) is 0 Å². The molecular weight excluding hydrogens is 578 g/mol. The van der Waals surface area contributed by atoms with Crippen molar-refractivity contribution >= 4 is 17.2 Å². The van der Waals surface area contributed by atoms with E-state index in [1.807, 2.05) is 0 Å². The van der Waals surface area contributed by atoms with E-state index in [1.54, 1.807) is 0 Å². The van der Waals surface area contributed by atoms with Gasteiger partial charge < -0.3 is 27.1 Å².